The van der Waals surface area contributed by atoms with Gasteiger partial charge in [0.15, 0.2) is 5.69 Å². The predicted octanol–water partition coefficient (Wildman–Crippen LogP) is 3.71. The number of hydrogen-bond acceptors (Lipinski definition) is 5. The maximum absolute atomic E-state index is 10.7. The number of benzene rings is 1. The zero-order chi connectivity index (χ0) is 17.4. The van der Waals surface area contributed by atoms with E-state index in [4.69, 9.17) is 34.0 Å². The fraction of sp³-hybridized carbons (Fsp3) is 0.333. The van der Waals surface area contributed by atoms with Crippen LogP contribution in [0.1, 0.15) is 16.9 Å². The molecule has 0 bridgehead atoms. The van der Waals surface area contributed by atoms with Crippen LogP contribution in [-0.2, 0) is 0 Å². The molecule has 0 aliphatic rings. The number of rotatable bonds is 5. The van der Waals surface area contributed by atoms with Crippen LogP contribution in [0.4, 0.5) is 0 Å². The number of carboxylic acids is 1. The van der Waals surface area contributed by atoms with Crippen LogP contribution in [-0.4, -0.2) is 48.1 Å². The molecule has 0 amide bonds. The van der Waals surface area contributed by atoms with Gasteiger partial charge < -0.3 is 15.7 Å². The normalized spacial score (nSPS) is 10.3. The Labute approximate surface area is 149 Å². The fourth-order valence-corrected chi connectivity index (χ4v) is 2.84. The van der Waals surface area contributed by atoms with Crippen molar-refractivity contribution in [2.45, 2.75) is 6.42 Å². The van der Waals surface area contributed by atoms with Gasteiger partial charge >= 0.3 is 5.97 Å². The Morgan fingerprint density at radius 1 is 1.39 bits per heavy atom. The van der Waals surface area contributed by atoms with E-state index in [-0.39, 0.29) is 5.69 Å². The monoisotopic (exact) mass is 375 g/mol. The van der Waals surface area contributed by atoms with Gasteiger partial charge in [0, 0.05) is 10.9 Å². The molecule has 0 radical (unpaired) electrons. The van der Waals surface area contributed by atoms with Crippen LogP contribution >= 0.6 is 34.5 Å². The molecule has 5 nitrogen and oxygen atoms in total. The average molecular weight is 376 g/mol. The first-order chi connectivity index (χ1) is 10.9. The van der Waals surface area contributed by atoms with Gasteiger partial charge in [-0.1, -0.05) is 35.3 Å². The Kier molecular flexibility index (Phi) is 8.51. The van der Waals surface area contributed by atoms with E-state index < -0.39 is 5.97 Å². The molecular weight excluding hydrogens is 357 g/mol. The van der Waals surface area contributed by atoms with Crippen LogP contribution in [0.5, 0.6) is 0 Å². The van der Waals surface area contributed by atoms with Gasteiger partial charge in [-0.15, -0.1) is 11.3 Å². The molecule has 2 aromatic rings. The molecule has 2 rings (SSSR count). The molecule has 1 aromatic carbocycles. The quantitative estimate of drug-likeness (QED) is 0.832. The van der Waals surface area contributed by atoms with Gasteiger partial charge in [0.1, 0.15) is 5.01 Å². The maximum Gasteiger partial charge on any atom is 0.355 e. The summed E-state index contributed by atoms with van der Waals surface area (Å²) in [6.45, 7) is 1.91. The minimum absolute atomic E-state index is 0.0102. The zero-order valence-electron chi connectivity index (χ0n) is 12.9. The van der Waals surface area contributed by atoms with Gasteiger partial charge in [0.25, 0.3) is 0 Å². The third-order valence-electron chi connectivity index (χ3n) is 2.71. The second-order valence-corrected chi connectivity index (χ2v) is 6.53. The van der Waals surface area contributed by atoms with Crippen molar-refractivity contribution >= 4 is 40.5 Å². The SMILES string of the molecule is CN(C)CCCN.O=C(O)c1csc(-c2cccc(Cl)c2Cl)n1. The average Bonchev–Trinajstić information content (AvgIpc) is 2.98. The topological polar surface area (TPSA) is 79.5 Å². The fourth-order valence-electron chi connectivity index (χ4n) is 1.57. The highest BCUT2D eigenvalue weighted by molar-refractivity contribution is 7.13. The number of thiazole rings is 1. The minimum atomic E-state index is -1.05. The number of hydrogen-bond donors (Lipinski definition) is 2. The van der Waals surface area contributed by atoms with Crippen LogP contribution in [0, 0.1) is 0 Å². The highest BCUT2D eigenvalue weighted by atomic mass is 35.5. The summed E-state index contributed by atoms with van der Waals surface area (Å²) in [5, 5.41) is 11.6. The van der Waals surface area contributed by atoms with Crippen molar-refractivity contribution < 1.29 is 9.90 Å². The summed E-state index contributed by atoms with van der Waals surface area (Å²) >= 11 is 13.1. The summed E-state index contributed by atoms with van der Waals surface area (Å²) < 4.78 is 0. The van der Waals surface area contributed by atoms with E-state index in [0.717, 1.165) is 19.5 Å². The number of aromatic carboxylic acids is 1. The molecule has 0 atom stereocenters. The Bertz CT molecular complexity index is 647. The molecule has 1 aromatic heterocycles. The van der Waals surface area contributed by atoms with Crippen molar-refractivity contribution in [2.24, 2.45) is 5.73 Å². The molecule has 0 saturated heterocycles. The summed E-state index contributed by atoms with van der Waals surface area (Å²) in [6.07, 6.45) is 1.10. The third kappa shape index (κ3) is 6.45. The minimum Gasteiger partial charge on any atom is -0.476 e. The Morgan fingerprint density at radius 2 is 2.09 bits per heavy atom. The highest BCUT2D eigenvalue weighted by Crippen LogP contribution is 2.34. The smallest absolute Gasteiger partial charge is 0.355 e. The molecule has 0 fully saturated rings. The van der Waals surface area contributed by atoms with E-state index in [1.807, 2.05) is 0 Å². The van der Waals surface area contributed by atoms with Crippen molar-refractivity contribution in [1.82, 2.24) is 9.88 Å². The van der Waals surface area contributed by atoms with E-state index in [1.165, 1.54) is 16.7 Å². The Morgan fingerprint density at radius 3 is 2.57 bits per heavy atom. The van der Waals surface area contributed by atoms with Crippen LogP contribution in [0.15, 0.2) is 23.6 Å². The number of halogens is 2. The molecule has 0 aliphatic heterocycles. The van der Waals surface area contributed by atoms with E-state index in [2.05, 4.69) is 24.0 Å². The summed E-state index contributed by atoms with van der Waals surface area (Å²) in [5.41, 5.74) is 5.91. The van der Waals surface area contributed by atoms with Gasteiger partial charge in [0.2, 0.25) is 0 Å². The first-order valence-corrected chi connectivity index (χ1v) is 8.48. The zero-order valence-corrected chi connectivity index (χ0v) is 15.3. The van der Waals surface area contributed by atoms with Gasteiger partial charge in [-0.2, -0.15) is 0 Å². The molecule has 23 heavy (non-hydrogen) atoms. The predicted molar refractivity (Wildman–Crippen MR) is 96.8 cm³/mol. The lowest BCUT2D eigenvalue weighted by molar-refractivity contribution is 0.0691. The van der Waals surface area contributed by atoms with E-state index in [1.54, 1.807) is 18.2 Å². The van der Waals surface area contributed by atoms with Crippen LogP contribution < -0.4 is 5.73 Å². The molecule has 8 heteroatoms. The lowest BCUT2D eigenvalue weighted by Crippen LogP contribution is -2.16. The van der Waals surface area contributed by atoms with Crippen LogP contribution in [0.25, 0.3) is 10.6 Å². The number of carbonyl (C=O) groups is 1. The van der Waals surface area contributed by atoms with E-state index in [0.29, 0.717) is 20.6 Å². The maximum atomic E-state index is 10.7. The lowest BCUT2D eigenvalue weighted by Gasteiger charge is -2.05. The number of nitrogens with two attached hydrogens (primary N) is 1. The molecule has 0 spiro atoms. The molecule has 0 aliphatic carbocycles. The van der Waals surface area contributed by atoms with E-state index in [9.17, 15) is 4.79 Å². The number of aromatic nitrogens is 1. The Hall–Kier alpha value is -1.18. The second-order valence-electron chi connectivity index (χ2n) is 4.89. The van der Waals surface area contributed by atoms with Gasteiger partial charge in [-0.05, 0) is 39.7 Å². The molecule has 1 heterocycles. The van der Waals surface area contributed by atoms with Crippen molar-refractivity contribution in [3.8, 4) is 10.6 Å². The van der Waals surface area contributed by atoms with Crippen LogP contribution in [0.3, 0.4) is 0 Å². The first-order valence-electron chi connectivity index (χ1n) is 6.84. The summed E-state index contributed by atoms with van der Waals surface area (Å²) in [4.78, 5) is 16.8. The largest absolute Gasteiger partial charge is 0.476 e. The van der Waals surface area contributed by atoms with Crippen molar-refractivity contribution in [3.05, 3.63) is 39.3 Å². The van der Waals surface area contributed by atoms with Crippen LogP contribution in [0.2, 0.25) is 10.0 Å². The summed E-state index contributed by atoms with van der Waals surface area (Å²) in [6, 6.07) is 5.16. The molecule has 3 N–H and O–H groups in total. The first kappa shape index (κ1) is 19.9. The number of nitrogens with zero attached hydrogens (tertiary/aromatic N) is 2. The Balaban J connectivity index is 0.000000322. The third-order valence-corrected chi connectivity index (χ3v) is 4.41. The molecule has 0 saturated carbocycles. The lowest BCUT2D eigenvalue weighted by atomic mass is 10.2. The van der Waals surface area contributed by atoms with Crippen molar-refractivity contribution in [1.29, 1.82) is 0 Å². The standard InChI is InChI=1S/C10H5Cl2NO2S.C5H14N2/c11-6-3-1-2-5(8(6)12)9-13-7(4-16-9)10(14)15;1-7(2)5-3-4-6/h1-4H,(H,14,15);3-6H2,1-2H3. The van der Waals surface area contributed by atoms with Crippen molar-refractivity contribution in [2.75, 3.05) is 27.2 Å². The van der Waals surface area contributed by atoms with Gasteiger partial charge in [0.05, 0.1) is 10.0 Å². The summed E-state index contributed by atoms with van der Waals surface area (Å²) in [7, 11) is 4.10. The number of carboxylic acid groups (broad SMARTS) is 1. The summed E-state index contributed by atoms with van der Waals surface area (Å²) in [5.74, 6) is -1.05. The molecule has 126 valence electrons. The van der Waals surface area contributed by atoms with Gasteiger partial charge in [-0.25, -0.2) is 9.78 Å². The molecule has 0 unspecified atom stereocenters. The van der Waals surface area contributed by atoms with Crippen molar-refractivity contribution in [3.63, 3.8) is 0 Å². The van der Waals surface area contributed by atoms with Gasteiger partial charge in [-0.3, -0.25) is 0 Å². The second kappa shape index (κ2) is 9.85. The van der Waals surface area contributed by atoms with E-state index >= 15 is 0 Å². The highest BCUT2D eigenvalue weighted by Gasteiger charge is 2.13. The molecular formula is C15H19Cl2N3O2S.